The van der Waals surface area contributed by atoms with Gasteiger partial charge in [-0.3, -0.25) is 14.4 Å². The summed E-state index contributed by atoms with van der Waals surface area (Å²) in [5, 5.41) is 0. The second-order valence-electron chi connectivity index (χ2n) is 4.88. The quantitative estimate of drug-likeness (QED) is 0.796. The molecular weight excluding hydrogens is 267 g/mol. The maximum Gasteiger partial charge on any atom is 0.256 e. The number of carbonyl (C=O) groups excluding carboxylic acids is 1. The van der Waals surface area contributed by atoms with E-state index in [0.29, 0.717) is 11.1 Å². The van der Waals surface area contributed by atoms with E-state index >= 15 is 0 Å². The van der Waals surface area contributed by atoms with E-state index in [1.807, 2.05) is 19.9 Å². The number of rotatable bonds is 3. The lowest BCUT2D eigenvalue weighted by atomic mass is 10.2. The van der Waals surface area contributed by atoms with Gasteiger partial charge in [-0.25, -0.2) is 4.39 Å². The molecule has 0 aliphatic heterocycles. The zero-order valence-electron chi connectivity index (χ0n) is 12.0. The lowest BCUT2D eigenvalue weighted by molar-refractivity contribution is 0.0964. The molecule has 0 saturated carbocycles. The highest BCUT2D eigenvalue weighted by Crippen LogP contribution is 2.05. The molecule has 0 aliphatic rings. The number of halogens is 1. The van der Waals surface area contributed by atoms with Gasteiger partial charge in [-0.1, -0.05) is 18.2 Å². The Kier molecular flexibility index (Phi) is 4.82. The average Bonchev–Trinajstić information content (AvgIpc) is 2.45. The molecule has 0 unspecified atom stereocenters. The Balaban J connectivity index is 2.29. The van der Waals surface area contributed by atoms with Crippen molar-refractivity contribution in [3.8, 4) is 0 Å². The van der Waals surface area contributed by atoms with Crippen molar-refractivity contribution in [2.45, 2.75) is 19.9 Å². The molecule has 0 N–H and O–H groups in total. The third-order valence-corrected chi connectivity index (χ3v) is 2.73. The number of pyridine rings is 1. The molecule has 0 radical (unpaired) electrons. The second-order valence-corrected chi connectivity index (χ2v) is 4.88. The van der Waals surface area contributed by atoms with Crippen LogP contribution in [0.15, 0.2) is 59.7 Å². The van der Waals surface area contributed by atoms with Gasteiger partial charge >= 0.3 is 0 Å². The zero-order valence-corrected chi connectivity index (χ0v) is 12.0. The molecule has 0 fully saturated rings. The van der Waals surface area contributed by atoms with Gasteiger partial charge in [0.15, 0.2) is 0 Å². The van der Waals surface area contributed by atoms with Crippen molar-refractivity contribution in [2.24, 2.45) is 4.99 Å². The largest absolute Gasteiger partial charge is 0.269 e. The third kappa shape index (κ3) is 4.24. The summed E-state index contributed by atoms with van der Waals surface area (Å²) in [6, 6.07) is 11.6. The van der Waals surface area contributed by atoms with Crippen molar-refractivity contribution in [3.05, 3.63) is 71.6 Å². The predicted octanol–water partition coefficient (Wildman–Crippen LogP) is 3.29. The molecule has 0 bridgehead atoms. The summed E-state index contributed by atoms with van der Waals surface area (Å²) in [5.74, 6) is -0.549. The van der Waals surface area contributed by atoms with Gasteiger partial charge in [0, 0.05) is 18.3 Å². The molecule has 3 nitrogen and oxygen atoms in total. The molecule has 0 aliphatic carbocycles. The lowest BCUT2D eigenvalue weighted by Gasteiger charge is -2.04. The molecule has 108 valence electrons. The first-order chi connectivity index (χ1) is 10.1. The Hall–Kier alpha value is -2.49. The Bertz CT molecular complexity index is 729. The highest BCUT2D eigenvalue weighted by atomic mass is 19.1. The van der Waals surface area contributed by atoms with Gasteiger partial charge in [0.25, 0.3) is 5.91 Å². The molecular formula is C17H17FN2O. The number of hydrogen-bond donors (Lipinski definition) is 0. The number of hydrogen-bond acceptors (Lipinski definition) is 2. The normalized spacial score (nSPS) is 12.3. The zero-order chi connectivity index (χ0) is 15.2. The summed E-state index contributed by atoms with van der Waals surface area (Å²) in [5.41, 5.74) is 1.24. The van der Waals surface area contributed by atoms with Crippen LogP contribution in [0.25, 0.3) is 6.08 Å². The Labute approximate surface area is 123 Å². The van der Waals surface area contributed by atoms with E-state index in [9.17, 15) is 9.18 Å². The van der Waals surface area contributed by atoms with Crippen LogP contribution in [0, 0.1) is 5.82 Å². The fourth-order valence-electron chi connectivity index (χ4n) is 1.85. The number of benzene rings is 1. The van der Waals surface area contributed by atoms with Gasteiger partial charge in [-0.05, 0) is 49.8 Å². The first kappa shape index (κ1) is 14.9. The van der Waals surface area contributed by atoms with Crippen LogP contribution in [-0.4, -0.2) is 16.5 Å². The Morgan fingerprint density at radius 1 is 1.24 bits per heavy atom. The van der Waals surface area contributed by atoms with E-state index in [2.05, 4.69) is 4.99 Å². The number of nitrogens with zero attached hydrogens (tertiary/aromatic N) is 2. The van der Waals surface area contributed by atoms with Crippen molar-refractivity contribution < 1.29 is 9.18 Å². The molecule has 2 rings (SSSR count). The summed E-state index contributed by atoms with van der Waals surface area (Å²) >= 11 is 0. The summed E-state index contributed by atoms with van der Waals surface area (Å²) < 4.78 is 14.6. The average molecular weight is 284 g/mol. The van der Waals surface area contributed by atoms with Crippen LogP contribution in [-0.2, 0) is 0 Å². The van der Waals surface area contributed by atoms with E-state index in [-0.39, 0.29) is 17.8 Å². The van der Waals surface area contributed by atoms with Gasteiger partial charge in [0.2, 0.25) is 0 Å². The van der Waals surface area contributed by atoms with Crippen LogP contribution in [0.1, 0.15) is 24.2 Å². The molecule has 2 aromatic rings. The molecule has 1 heterocycles. The summed E-state index contributed by atoms with van der Waals surface area (Å²) in [4.78, 5) is 16.6. The maximum absolute atomic E-state index is 13.1. The van der Waals surface area contributed by atoms with Crippen molar-refractivity contribution in [2.75, 3.05) is 0 Å². The van der Waals surface area contributed by atoms with Crippen molar-refractivity contribution in [1.29, 1.82) is 0 Å². The van der Waals surface area contributed by atoms with Crippen molar-refractivity contribution in [3.63, 3.8) is 0 Å². The van der Waals surface area contributed by atoms with Crippen LogP contribution >= 0.6 is 0 Å². The van der Waals surface area contributed by atoms with Crippen LogP contribution in [0.2, 0.25) is 0 Å². The predicted molar refractivity (Wildman–Crippen MR) is 81.2 cm³/mol. The van der Waals surface area contributed by atoms with Gasteiger partial charge in [0.05, 0.1) is 0 Å². The number of allylic oxidation sites excluding steroid dienone is 1. The van der Waals surface area contributed by atoms with E-state index in [0.717, 1.165) is 0 Å². The summed E-state index contributed by atoms with van der Waals surface area (Å²) in [7, 11) is 0. The van der Waals surface area contributed by atoms with Gasteiger partial charge in [0.1, 0.15) is 11.3 Å². The molecule has 0 atom stereocenters. The van der Waals surface area contributed by atoms with Crippen LogP contribution in [0.5, 0.6) is 0 Å². The SMILES string of the molecule is CC(C)N=c1ccccn1C(=O)/C=C\c1cccc(F)c1. The minimum Gasteiger partial charge on any atom is -0.269 e. The Morgan fingerprint density at radius 3 is 2.76 bits per heavy atom. The summed E-state index contributed by atoms with van der Waals surface area (Å²) in [6.45, 7) is 3.90. The van der Waals surface area contributed by atoms with Crippen LogP contribution in [0.4, 0.5) is 4.39 Å². The minimum absolute atomic E-state index is 0.0960. The van der Waals surface area contributed by atoms with Crippen LogP contribution < -0.4 is 5.49 Å². The van der Waals surface area contributed by atoms with Gasteiger partial charge in [-0.15, -0.1) is 0 Å². The topological polar surface area (TPSA) is 34.4 Å². The van der Waals surface area contributed by atoms with E-state index in [1.165, 1.54) is 22.8 Å². The Morgan fingerprint density at radius 2 is 2.05 bits per heavy atom. The maximum atomic E-state index is 13.1. The third-order valence-electron chi connectivity index (χ3n) is 2.73. The second kappa shape index (κ2) is 6.79. The number of aromatic nitrogens is 1. The van der Waals surface area contributed by atoms with Crippen molar-refractivity contribution in [1.82, 2.24) is 4.57 Å². The van der Waals surface area contributed by atoms with Crippen LogP contribution in [0.3, 0.4) is 0 Å². The molecule has 1 aromatic heterocycles. The smallest absolute Gasteiger partial charge is 0.256 e. The molecule has 0 amide bonds. The van der Waals surface area contributed by atoms with E-state index in [4.69, 9.17) is 0 Å². The molecule has 4 heteroatoms. The standard InChI is InChI=1S/C17H17FN2O/c1-13(2)19-16-8-3-4-11-20(16)17(21)10-9-14-6-5-7-15(18)12-14/h3-13H,1-2H3/b10-9-,19-16?. The molecule has 0 saturated heterocycles. The van der Waals surface area contributed by atoms with E-state index < -0.39 is 0 Å². The monoisotopic (exact) mass is 284 g/mol. The van der Waals surface area contributed by atoms with Crippen molar-refractivity contribution >= 4 is 12.0 Å². The molecule has 1 aromatic carbocycles. The highest BCUT2D eigenvalue weighted by molar-refractivity contribution is 5.93. The van der Waals surface area contributed by atoms with Gasteiger partial charge < -0.3 is 0 Å². The highest BCUT2D eigenvalue weighted by Gasteiger charge is 2.01. The minimum atomic E-state index is -0.326. The van der Waals surface area contributed by atoms with E-state index in [1.54, 1.807) is 36.5 Å². The summed E-state index contributed by atoms with van der Waals surface area (Å²) in [6.07, 6.45) is 4.66. The van der Waals surface area contributed by atoms with Gasteiger partial charge in [-0.2, -0.15) is 0 Å². The first-order valence-electron chi connectivity index (χ1n) is 6.76. The first-order valence-corrected chi connectivity index (χ1v) is 6.76. The molecule has 0 spiro atoms. The fraction of sp³-hybridized carbons (Fsp3) is 0.176. The molecule has 21 heavy (non-hydrogen) atoms. The lowest BCUT2D eigenvalue weighted by Crippen LogP contribution is -2.26. The fourth-order valence-corrected chi connectivity index (χ4v) is 1.85. The number of carbonyl (C=O) groups is 1.